The molecule has 1 aromatic heterocycles. The molecule has 6 heteroatoms. The van der Waals surface area contributed by atoms with Gasteiger partial charge in [0.1, 0.15) is 5.60 Å². The van der Waals surface area contributed by atoms with Crippen LogP contribution in [0.1, 0.15) is 31.2 Å². The van der Waals surface area contributed by atoms with Gasteiger partial charge in [-0.25, -0.2) is 4.98 Å². The maximum Gasteiger partial charge on any atom is 0.256 e. The van der Waals surface area contributed by atoms with Crippen LogP contribution in [0.4, 0.5) is 0 Å². The molecule has 0 radical (unpaired) electrons. The fraction of sp³-hybridized carbons (Fsp3) is 0.765. The number of β-amino-alcohol motifs (C(OH)–C–C–N with tert-alkyl or cyclic N) is 1. The van der Waals surface area contributed by atoms with Crippen LogP contribution in [0, 0.1) is 12.8 Å². The Morgan fingerprint density at radius 3 is 2.91 bits per heavy atom. The molecule has 6 nitrogen and oxygen atoms in total. The first kappa shape index (κ1) is 16.6. The van der Waals surface area contributed by atoms with Crippen LogP contribution in [0.5, 0.6) is 0 Å². The van der Waals surface area contributed by atoms with Gasteiger partial charge in [-0.15, -0.1) is 0 Å². The Morgan fingerprint density at radius 2 is 2.22 bits per heavy atom. The number of hydrogen-bond acceptors (Lipinski definition) is 5. The number of aliphatic hydroxyl groups is 1. The molecule has 0 aromatic carbocycles. The van der Waals surface area contributed by atoms with E-state index in [9.17, 15) is 9.90 Å². The Balaban J connectivity index is 1.50. The van der Waals surface area contributed by atoms with Gasteiger partial charge < -0.3 is 14.7 Å². The predicted octanol–water partition coefficient (Wildman–Crippen LogP) is 0.805. The molecule has 1 atom stereocenters. The van der Waals surface area contributed by atoms with Gasteiger partial charge in [-0.2, -0.15) is 0 Å². The lowest BCUT2D eigenvalue weighted by molar-refractivity contribution is -0.103. The van der Waals surface area contributed by atoms with Gasteiger partial charge in [-0.3, -0.25) is 9.36 Å². The Bertz CT molecular complexity index is 573. The third kappa shape index (κ3) is 4.19. The molecule has 23 heavy (non-hydrogen) atoms. The maximum absolute atomic E-state index is 12.1. The normalized spacial score (nSPS) is 27.2. The Labute approximate surface area is 137 Å². The molecule has 2 fully saturated rings. The highest BCUT2D eigenvalue weighted by molar-refractivity contribution is 5.00. The molecular weight excluding hydrogens is 294 g/mol. The second kappa shape index (κ2) is 7.11. The van der Waals surface area contributed by atoms with Crippen LogP contribution in [-0.2, 0) is 11.3 Å². The third-order valence-corrected chi connectivity index (χ3v) is 5.05. The van der Waals surface area contributed by atoms with Gasteiger partial charge >= 0.3 is 0 Å². The Morgan fingerprint density at radius 1 is 1.43 bits per heavy atom. The summed E-state index contributed by atoms with van der Waals surface area (Å²) in [5.41, 5.74) is 0.0863. The summed E-state index contributed by atoms with van der Waals surface area (Å²) in [5, 5.41) is 10.6. The molecule has 0 bridgehead atoms. The highest BCUT2D eigenvalue weighted by atomic mass is 16.5. The van der Waals surface area contributed by atoms with Crippen LogP contribution in [0.25, 0.3) is 0 Å². The number of rotatable bonds is 4. The number of aryl methyl sites for hydroxylation is 1. The van der Waals surface area contributed by atoms with Crippen LogP contribution < -0.4 is 5.56 Å². The molecule has 128 valence electrons. The molecule has 2 aliphatic heterocycles. The Hall–Kier alpha value is -1.24. The predicted molar refractivity (Wildman–Crippen MR) is 87.4 cm³/mol. The van der Waals surface area contributed by atoms with Crippen molar-refractivity contribution in [2.24, 2.45) is 5.92 Å². The van der Waals surface area contributed by atoms with E-state index in [4.69, 9.17) is 4.74 Å². The molecule has 3 heterocycles. The second-order valence-corrected chi connectivity index (χ2v) is 7.13. The van der Waals surface area contributed by atoms with E-state index in [2.05, 4.69) is 9.88 Å². The van der Waals surface area contributed by atoms with Gasteiger partial charge in [0, 0.05) is 31.5 Å². The van der Waals surface area contributed by atoms with Crippen LogP contribution in [0.3, 0.4) is 0 Å². The summed E-state index contributed by atoms with van der Waals surface area (Å²) in [4.78, 5) is 18.5. The lowest BCUT2D eigenvalue weighted by Crippen LogP contribution is -2.50. The van der Waals surface area contributed by atoms with Crippen molar-refractivity contribution in [3.63, 3.8) is 0 Å². The maximum atomic E-state index is 12.1. The average Bonchev–Trinajstić information content (AvgIpc) is 2.54. The lowest BCUT2D eigenvalue weighted by atomic mass is 9.92. The van der Waals surface area contributed by atoms with Crippen molar-refractivity contribution in [1.82, 2.24) is 14.5 Å². The third-order valence-electron chi connectivity index (χ3n) is 5.05. The van der Waals surface area contributed by atoms with E-state index < -0.39 is 5.60 Å². The van der Waals surface area contributed by atoms with E-state index in [0.29, 0.717) is 24.6 Å². The summed E-state index contributed by atoms with van der Waals surface area (Å²) in [6.07, 6.45) is 7.14. The number of hydrogen-bond donors (Lipinski definition) is 1. The zero-order chi connectivity index (χ0) is 16.3. The summed E-state index contributed by atoms with van der Waals surface area (Å²) in [5.74, 6) is 0.504. The molecule has 3 rings (SSSR count). The first-order chi connectivity index (χ1) is 11.1. The summed E-state index contributed by atoms with van der Waals surface area (Å²) in [6, 6.07) is 0. The van der Waals surface area contributed by atoms with Crippen LogP contribution in [0.2, 0.25) is 0 Å². The van der Waals surface area contributed by atoms with Crippen molar-refractivity contribution in [3.8, 4) is 0 Å². The van der Waals surface area contributed by atoms with Gasteiger partial charge in [0.15, 0.2) is 0 Å². The van der Waals surface area contributed by atoms with Gasteiger partial charge in [0.2, 0.25) is 0 Å². The summed E-state index contributed by atoms with van der Waals surface area (Å²) in [7, 11) is 0. The van der Waals surface area contributed by atoms with Crippen LogP contribution >= 0.6 is 0 Å². The van der Waals surface area contributed by atoms with Gasteiger partial charge in [-0.1, -0.05) is 0 Å². The number of nitrogens with zero attached hydrogens (tertiary/aromatic N) is 3. The number of ether oxygens (including phenoxy) is 1. The van der Waals surface area contributed by atoms with Crippen LogP contribution in [0.15, 0.2) is 17.3 Å². The van der Waals surface area contributed by atoms with Gasteiger partial charge in [0.05, 0.1) is 12.9 Å². The number of piperidine rings is 1. The molecule has 0 spiro atoms. The minimum absolute atomic E-state index is 0.0658. The van der Waals surface area contributed by atoms with Crippen molar-refractivity contribution in [2.45, 2.75) is 44.8 Å². The monoisotopic (exact) mass is 321 g/mol. The SMILES string of the molecule is Cc1cncn(CC2CCN(CC3(O)CCCOC3)CC2)c1=O. The fourth-order valence-corrected chi connectivity index (χ4v) is 3.67. The van der Waals surface area contributed by atoms with Crippen molar-refractivity contribution >= 4 is 0 Å². The van der Waals surface area contributed by atoms with Crippen molar-refractivity contribution in [3.05, 3.63) is 28.4 Å². The highest BCUT2D eigenvalue weighted by Crippen LogP contribution is 2.24. The smallest absolute Gasteiger partial charge is 0.256 e. The standard InChI is InChI=1S/C17H27N3O3/c1-14-9-18-13-20(16(14)21)10-15-3-6-19(7-4-15)11-17(22)5-2-8-23-12-17/h9,13,15,22H,2-8,10-12H2,1H3. The van der Waals surface area contributed by atoms with Crippen molar-refractivity contribution in [1.29, 1.82) is 0 Å². The molecule has 0 aliphatic carbocycles. The first-order valence-electron chi connectivity index (χ1n) is 8.59. The summed E-state index contributed by atoms with van der Waals surface area (Å²) < 4.78 is 7.16. The number of likely N-dealkylation sites (tertiary alicyclic amines) is 1. The van der Waals surface area contributed by atoms with E-state index >= 15 is 0 Å². The van der Waals surface area contributed by atoms with E-state index in [1.807, 2.05) is 0 Å². The second-order valence-electron chi connectivity index (χ2n) is 7.13. The molecule has 1 unspecified atom stereocenters. The fourth-order valence-electron chi connectivity index (χ4n) is 3.67. The number of aromatic nitrogens is 2. The zero-order valence-electron chi connectivity index (χ0n) is 13.9. The van der Waals surface area contributed by atoms with E-state index in [1.165, 1.54) is 0 Å². The van der Waals surface area contributed by atoms with E-state index in [1.54, 1.807) is 24.0 Å². The summed E-state index contributed by atoms with van der Waals surface area (Å²) >= 11 is 0. The largest absolute Gasteiger partial charge is 0.386 e. The first-order valence-corrected chi connectivity index (χ1v) is 8.59. The molecular formula is C17H27N3O3. The molecule has 0 saturated carbocycles. The molecule has 1 aromatic rings. The quantitative estimate of drug-likeness (QED) is 0.889. The zero-order valence-corrected chi connectivity index (χ0v) is 13.9. The van der Waals surface area contributed by atoms with E-state index in [0.717, 1.165) is 51.9 Å². The van der Waals surface area contributed by atoms with Gasteiger partial charge in [0.25, 0.3) is 5.56 Å². The van der Waals surface area contributed by atoms with Crippen LogP contribution in [-0.4, -0.2) is 58.0 Å². The minimum atomic E-state index is -0.678. The molecule has 0 amide bonds. The van der Waals surface area contributed by atoms with Crippen molar-refractivity contribution in [2.75, 3.05) is 32.8 Å². The van der Waals surface area contributed by atoms with Crippen molar-refractivity contribution < 1.29 is 9.84 Å². The van der Waals surface area contributed by atoms with E-state index in [-0.39, 0.29) is 5.56 Å². The summed E-state index contributed by atoms with van der Waals surface area (Å²) in [6.45, 7) is 6.42. The minimum Gasteiger partial charge on any atom is -0.386 e. The lowest BCUT2D eigenvalue weighted by Gasteiger charge is -2.39. The molecule has 1 N–H and O–H groups in total. The van der Waals surface area contributed by atoms with Gasteiger partial charge in [-0.05, 0) is 51.6 Å². The Kier molecular flexibility index (Phi) is 5.14. The molecule has 2 aliphatic rings. The topological polar surface area (TPSA) is 67.6 Å². The highest BCUT2D eigenvalue weighted by Gasteiger charge is 2.33. The average molecular weight is 321 g/mol. The molecule has 2 saturated heterocycles.